The summed E-state index contributed by atoms with van der Waals surface area (Å²) in [4.78, 5) is 26.7. The Morgan fingerprint density at radius 1 is 1.40 bits per heavy atom. The average molecular weight is 282 g/mol. The molecule has 1 aliphatic carbocycles. The maximum atomic E-state index is 12.6. The molecule has 0 aromatic heterocycles. The van der Waals surface area contributed by atoms with E-state index in [2.05, 4.69) is 5.32 Å². The molecular formula is C15H26N2O3. The number of piperazine rings is 1. The lowest BCUT2D eigenvalue weighted by Gasteiger charge is -2.48. The van der Waals surface area contributed by atoms with E-state index in [0.717, 1.165) is 19.3 Å². The van der Waals surface area contributed by atoms with Crippen molar-refractivity contribution in [1.29, 1.82) is 0 Å². The molecule has 1 saturated heterocycles. The Morgan fingerprint density at radius 3 is 2.45 bits per heavy atom. The van der Waals surface area contributed by atoms with Crippen LogP contribution >= 0.6 is 0 Å². The molecular weight excluding hydrogens is 256 g/mol. The maximum Gasteiger partial charge on any atom is 0.245 e. The van der Waals surface area contributed by atoms with E-state index in [1.807, 2.05) is 20.8 Å². The molecule has 2 fully saturated rings. The van der Waals surface area contributed by atoms with Crippen molar-refractivity contribution in [3.63, 3.8) is 0 Å². The predicted octanol–water partition coefficient (Wildman–Crippen LogP) is 1.32. The smallest absolute Gasteiger partial charge is 0.245 e. The topological polar surface area (TPSA) is 58.6 Å². The zero-order chi connectivity index (χ0) is 14.9. The fourth-order valence-electron chi connectivity index (χ4n) is 3.22. The van der Waals surface area contributed by atoms with Crippen molar-refractivity contribution in [2.45, 2.75) is 64.1 Å². The molecule has 1 N–H and O–H groups in total. The number of hydrogen-bond donors (Lipinski definition) is 1. The number of ether oxygens (including phenoxy) is 1. The number of carbonyl (C=O) groups excluding carboxylic acids is 2. The van der Waals surface area contributed by atoms with Gasteiger partial charge in [0.1, 0.15) is 12.1 Å². The van der Waals surface area contributed by atoms with Crippen LogP contribution in [0.15, 0.2) is 0 Å². The first kappa shape index (κ1) is 15.3. The second-order valence-corrected chi connectivity index (χ2v) is 6.37. The summed E-state index contributed by atoms with van der Waals surface area (Å²) in [5.74, 6) is 0.108. The third-order valence-electron chi connectivity index (χ3n) is 4.70. The maximum absolute atomic E-state index is 12.6. The predicted molar refractivity (Wildman–Crippen MR) is 76.2 cm³/mol. The van der Waals surface area contributed by atoms with Gasteiger partial charge in [-0.05, 0) is 31.6 Å². The van der Waals surface area contributed by atoms with Crippen molar-refractivity contribution < 1.29 is 14.3 Å². The molecule has 0 spiro atoms. The Hall–Kier alpha value is -1.10. The van der Waals surface area contributed by atoms with Gasteiger partial charge in [-0.3, -0.25) is 9.59 Å². The van der Waals surface area contributed by atoms with E-state index in [1.54, 1.807) is 12.0 Å². The van der Waals surface area contributed by atoms with Gasteiger partial charge >= 0.3 is 0 Å². The van der Waals surface area contributed by atoms with Crippen LogP contribution in [0.25, 0.3) is 0 Å². The number of methoxy groups -OCH3 is 1. The summed E-state index contributed by atoms with van der Waals surface area (Å²) < 4.78 is 5.63. The number of amides is 2. The van der Waals surface area contributed by atoms with Crippen molar-refractivity contribution in [3.8, 4) is 0 Å². The quantitative estimate of drug-likeness (QED) is 0.827. The fraction of sp³-hybridized carbons (Fsp3) is 0.867. The first-order valence-electron chi connectivity index (χ1n) is 7.60. The first-order chi connectivity index (χ1) is 9.44. The van der Waals surface area contributed by atoms with Crippen LogP contribution in [0.5, 0.6) is 0 Å². The Balaban J connectivity index is 2.22. The number of rotatable bonds is 5. The average Bonchev–Trinajstić information content (AvgIpc) is 2.36. The van der Waals surface area contributed by atoms with Crippen molar-refractivity contribution >= 4 is 11.8 Å². The SMILES string of the molecule is CCC1NC(=O)C(C(C)C)N(CC2(OC)CCC2)C1=O. The van der Waals surface area contributed by atoms with Gasteiger partial charge in [0.25, 0.3) is 0 Å². The van der Waals surface area contributed by atoms with Gasteiger partial charge in [-0.15, -0.1) is 0 Å². The van der Waals surface area contributed by atoms with Crippen LogP contribution in [0.4, 0.5) is 0 Å². The van der Waals surface area contributed by atoms with Gasteiger partial charge in [-0.2, -0.15) is 0 Å². The Labute approximate surface area is 121 Å². The number of carbonyl (C=O) groups is 2. The monoisotopic (exact) mass is 282 g/mol. The van der Waals surface area contributed by atoms with E-state index in [0.29, 0.717) is 13.0 Å². The highest BCUT2D eigenvalue weighted by Crippen LogP contribution is 2.37. The van der Waals surface area contributed by atoms with Gasteiger partial charge in [0, 0.05) is 7.11 Å². The largest absolute Gasteiger partial charge is 0.376 e. The second kappa shape index (κ2) is 5.72. The van der Waals surface area contributed by atoms with Crippen molar-refractivity contribution in [1.82, 2.24) is 10.2 Å². The van der Waals surface area contributed by atoms with E-state index in [-0.39, 0.29) is 35.4 Å². The van der Waals surface area contributed by atoms with Crippen LogP contribution in [0.2, 0.25) is 0 Å². The van der Waals surface area contributed by atoms with Crippen LogP contribution in [0.1, 0.15) is 46.5 Å². The minimum Gasteiger partial charge on any atom is -0.376 e. The second-order valence-electron chi connectivity index (χ2n) is 6.37. The fourth-order valence-corrected chi connectivity index (χ4v) is 3.22. The minimum absolute atomic E-state index is 0.0305. The van der Waals surface area contributed by atoms with E-state index in [1.165, 1.54) is 0 Å². The van der Waals surface area contributed by atoms with Crippen molar-refractivity contribution in [2.75, 3.05) is 13.7 Å². The zero-order valence-electron chi connectivity index (χ0n) is 12.9. The molecule has 1 saturated carbocycles. The highest BCUT2D eigenvalue weighted by molar-refractivity contribution is 5.97. The lowest BCUT2D eigenvalue weighted by molar-refractivity contribution is -0.161. The third kappa shape index (κ3) is 2.55. The minimum atomic E-state index is -0.383. The molecule has 2 amide bonds. The molecule has 0 aromatic carbocycles. The summed E-state index contributed by atoms with van der Waals surface area (Å²) in [5, 5.41) is 2.85. The highest BCUT2D eigenvalue weighted by Gasteiger charge is 2.47. The summed E-state index contributed by atoms with van der Waals surface area (Å²) in [6.07, 6.45) is 3.70. The summed E-state index contributed by atoms with van der Waals surface area (Å²) in [7, 11) is 1.70. The molecule has 2 aliphatic rings. The standard InChI is InChI=1S/C15H26N2O3/c1-5-11-14(19)17(9-15(20-4)7-6-8-15)12(10(2)3)13(18)16-11/h10-12H,5-9H2,1-4H3,(H,16,18). The number of nitrogens with one attached hydrogen (secondary N) is 1. The number of nitrogens with zero attached hydrogens (tertiary/aromatic N) is 1. The van der Waals surface area contributed by atoms with Crippen LogP contribution in [0.3, 0.4) is 0 Å². The molecule has 5 heteroatoms. The Bertz CT molecular complexity index is 385. The highest BCUT2D eigenvalue weighted by atomic mass is 16.5. The first-order valence-corrected chi connectivity index (χ1v) is 7.60. The zero-order valence-corrected chi connectivity index (χ0v) is 12.9. The van der Waals surface area contributed by atoms with Crippen LogP contribution in [-0.4, -0.2) is 48.1 Å². The third-order valence-corrected chi connectivity index (χ3v) is 4.70. The van der Waals surface area contributed by atoms with Crippen molar-refractivity contribution in [3.05, 3.63) is 0 Å². The van der Waals surface area contributed by atoms with Gasteiger partial charge in [-0.25, -0.2) is 0 Å². The molecule has 0 aromatic rings. The van der Waals surface area contributed by atoms with E-state index >= 15 is 0 Å². The van der Waals surface area contributed by atoms with Crippen LogP contribution < -0.4 is 5.32 Å². The van der Waals surface area contributed by atoms with E-state index in [9.17, 15) is 9.59 Å². The lowest BCUT2D eigenvalue weighted by atomic mass is 9.78. The molecule has 2 rings (SSSR count). The summed E-state index contributed by atoms with van der Waals surface area (Å²) in [5.41, 5.74) is -0.237. The molecule has 2 unspecified atom stereocenters. The van der Waals surface area contributed by atoms with Gasteiger partial charge in [0.05, 0.1) is 12.1 Å². The van der Waals surface area contributed by atoms with Gasteiger partial charge < -0.3 is 15.0 Å². The van der Waals surface area contributed by atoms with Crippen LogP contribution in [0, 0.1) is 5.92 Å². The Morgan fingerprint density at radius 2 is 2.05 bits per heavy atom. The summed E-state index contributed by atoms with van der Waals surface area (Å²) in [6.45, 7) is 6.43. The van der Waals surface area contributed by atoms with Crippen molar-refractivity contribution in [2.24, 2.45) is 5.92 Å². The lowest BCUT2D eigenvalue weighted by Crippen LogP contribution is -2.67. The van der Waals surface area contributed by atoms with Gasteiger partial charge in [-0.1, -0.05) is 20.8 Å². The summed E-state index contributed by atoms with van der Waals surface area (Å²) >= 11 is 0. The number of hydrogen-bond acceptors (Lipinski definition) is 3. The van der Waals surface area contributed by atoms with E-state index < -0.39 is 0 Å². The molecule has 0 radical (unpaired) electrons. The van der Waals surface area contributed by atoms with Gasteiger partial charge in [0.2, 0.25) is 11.8 Å². The summed E-state index contributed by atoms with van der Waals surface area (Å²) in [6, 6.07) is -0.760. The van der Waals surface area contributed by atoms with E-state index in [4.69, 9.17) is 4.74 Å². The Kier molecular flexibility index (Phi) is 4.37. The molecule has 1 aliphatic heterocycles. The van der Waals surface area contributed by atoms with Gasteiger partial charge in [0.15, 0.2) is 0 Å². The normalized spacial score (nSPS) is 29.4. The molecule has 20 heavy (non-hydrogen) atoms. The molecule has 1 heterocycles. The molecule has 2 atom stereocenters. The molecule has 114 valence electrons. The molecule has 0 bridgehead atoms. The molecule has 5 nitrogen and oxygen atoms in total. The van der Waals surface area contributed by atoms with Crippen LogP contribution in [-0.2, 0) is 14.3 Å².